The molecule has 1 aliphatic heterocycles. The smallest absolute Gasteiger partial charge is 0.0678 e. The summed E-state index contributed by atoms with van der Waals surface area (Å²) in [6, 6.07) is 0. The fourth-order valence-corrected chi connectivity index (χ4v) is 0.987. The SMILES string of the molecule is CCCN1C=CCNC1. The van der Waals surface area contributed by atoms with Gasteiger partial charge in [0.25, 0.3) is 0 Å². The molecule has 0 spiro atoms. The van der Waals surface area contributed by atoms with Crippen molar-refractivity contribution in [2.24, 2.45) is 0 Å². The van der Waals surface area contributed by atoms with E-state index in [1.54, 1.807) is 0 Å². The Labute approximate surface area is 56.5 Å². The van der Waals surface area contributed by atoms with Crippen LogP contribution in [0.1, 0.15) is 13.3 Å². The summed E-state index contributed by atoms with van der Waals surface area (Å²) in [5, 5.41) is 3.26. The maximum absolute atomic E-state index is 3.26. The van der Waals surface area contributed by atoms with Crippen molar-refractivity contribution in [2.75, 3.05) is 19.8 Å². The second-order valence-electron chi connectivity index (χ2n) is 2.31. The Kier molecular flexibility index (Phi) is 2.58. The molecule has 2 heteroatoms. The van der Waals surface area contributed by atoms with Crippen LogP contribution in [0.2, 0.25) is 0 Å². The Hall–Kier alpha value is -0.500. The lowest BCUT2D eigenvalue weighted by molar-refractivity contribution is 0.335. The second kappa shape index (κ2) is 3.51. The molecule has 0 saturated carbocycles. The summed E-state index contributed by atoms with van der Waals surface area (Å²) in [5.74, 6) is 0. The molecule has 1 rings (SSSR count). The van der Waals surface area contributed by atoms with Gasteiger partial charge in [-0.2, -0.15) is 0 Å². The van der Waals surface area contributed by atoms with Gasteiger partial charge in [0.05, 0.1) is 6.67 Å². The molecule has 1 N–H and O–H groups in total. The maximum Gasteiger partial charge on any atom is 0.0678 e. The van der Waals surface area contributed by atoms with E-state index in [1.165, 1.54) is 13.0 Å². The molecule has 0 atom stereocenters. The van der Waals surface area contributed by atoms with Crippen molar-refractivity contribution in [1.29, 1.82) is 0 Å². The summed E-state index contributed by atoms with van der Waals surface area (Å²) in [7, 11) is 0. The Morgan fingerprint density at radius 2 is 2.56 bits per heavy atom. The van der Waals surface area contributed by atoms with Gasteiger partial charge in [-0.3, -0.25) is 5.32 Å². The Bertz CT molecular complexity index is 99.1. The number of nitrogens with zero attached hydrogens (tertiary/aromatic N) is 1. The fourth-order valence-electron chi connectivity index (χ4n) is 0.987. The summed E-state index contributed by atoms with van der Waals surface area (Å²) in [6.45, 7) is 5.41. The molecule has 0 aromatic rings. The molecule has 1 aliphatic rings. The summed E-state index contributed by atoms with van der Waals surface area (Å²) in [5.41, 5.74) is 0. The quantitative estimate of drug-likeness (QED) is 0.588. The standard InChI is InChI=1S/C7H14N2/c1-2-5-9-6-3-4-8-7-9/h3,6,8H,2,4-5,7H2,1H3. The fraction of sp³-hybridized carbons (Fsp3) is 0.714. The number of nitrogens with one attached hydrogen (secondary N) is 1. The third kappa shape index (κ3) is 2.06. The first-order valence-electron chi connectivity index (χ1n) is 3.55. The molecule has 2 nitrogen and oxygen atoms in total. The second-order valence-corrected chi connectivity index (χ2v) is 2.31. The lowest BCUT2D eigenvalue weighted by Gasteiger charge is -2.22. The summed E-state index contributed by atoms with van der Waals surface area (Å²) < 4.78 is 0. The highest BCUT2D eigenvalue weighted by Crippen LogP contribution is 1.93. The Morgan fingerprint density at radius 3 is 3.11 bits per heavy atom. The third-order valence-corrected chi connectivity index (χ3v) is 1.40. The molecule has 52 valence electrons. The van der Waals surface area contributed by atoms with Gasteiger partial charge < -0.3 is 4.90 Å². The molecule has 0 saturated heterocycles. The van der Waals surface area contributed by atoms with E-state index in [1.807, 2.05) is 0 Å². The third-order valence-electron chi connectivity index (χ3n) is 1.40. The lowest BCUT2D eigenvalue weighted by atomic mass is 10.4. The van der Waals surface area contributed by atoms with Crippen molar-refractivity contribution in [3.63, 3.8) is 0 Å². The van der Waals surface area contributed by atoms with Gasteiger partial charge in [-0.25, -0.2) is 0 Å². The van der Waals surface area contributed by atoms with Gasteiger partial charge in [-0.15, -0.1) is 0 Å². The zero-order chi connectivity index (χ0) is 6.53. The molecule has 0 aliphatic carbocycles. The zero-order valence-electron chi connectivity index (χ0n) is 5.93. The minimum atomic E-state index is 1.02. The normalized spacial score (nSPS) is 18.6. The van der Waals surface area contributed by atoms with Crippen LogP contribution in [-0.2, 0) is 0 Å². The Balaban J connectivity index is 2.23. The molecule has 0 bridgehead atoms. The van der Waals surface area contributed by atoms with E-state index in [-0.39, 0.29) is 0 Å². The molecule has 0 unspecified atom stereocenters. The van der Waals surface area contributed by atoms with Crippen LogP contribution in [0.5, 0.6) is 0 Å². The van der Waals surface area contributed by atoms with Gasteiger partial charge in [0, 0.05) is 13.1 Å². The van der Waals surface area contributed by atoms with Crippen LogP contribution < -0.4 is 5.32 Å². The molecule has 0 aromatic heterocycles. The molecule has 0 aromatic carbocycles. The summed E-state index contributed by atoms with van der Waals surface area (Å²) in [6.07, 6.45) is 5.55. The maximum atomic E-state index is 3.26. The van der Waals surface area contributed by atoms with Crippen molar-refractivity contribution in [3.05, 3.63) is 12.3 Å². The van der Waals surface area contributed by atoms with Gasteiger partial charge in [0.15, 0.2) is 0 Å². The van der Waals surface area contributed by atoms with E-state index in [9.17, 15) is 0 Å². The predicted octanol–water partition coefficient (Wildman–Crippen LogP) is 0.773. The number of hydrogen-bond acceptors (Lipinski definition) is 2. The van der Waals surface area contributed by atoms with Crippen LogP contribution >= 0.6 is 0 Å². The van der Waals surface area contributed by atoms with Gasteiger partial charge in [-0.05, 0) is 12.6 Å². The topological polar surface area (TPSA) is 15.3 Å². The molecule has 0 amide bonds. The van der Waals surface area contributed by atoms with Crippen molar-refractivity contribution in [3.8, 4) is 0 Å². The van der Waals surface area contributed by atoms with Gasteiger partial charge in [0.2, 0.25) is 0 Å². The predicted molar refractivity (Wildman–Crippen MR) is 39.0 cm³/mol. The Morgan fingerprint density at radius 1 is 1.67 bits per heavy atom. The molecule has 0 fully saturated rings. The van der Waals surface area contributed by atoms with Crippen LogP contribution in [-0.4, -0.2) is 24.7 Å². The lowest BCUT2D eigenvalue weighted by Crippen LogP contribution is -2.34. The van der Waals surface area contributed by atoms with E-state index in [2.05, 4.69) is 29.4 Å². The highest BCUT2D eigenvalue weighted by Gasteiger charge is 1.98. The number of hydrogen-bond donors (Lipinski definition) is 1. The average molecular weight is 126 g/mol. The van der Waals surface area contributed by atoms with E-state index < -0.39 is 0 Å². The minimum Gasteiger partial charge on any atom is -0.365 e. The van der Waals surface area contributed by atoms with Gasteiger partial charge in [0.1, 0.15) is 0 Å². The average Bonchev–Trinajstić information content (AvgIpc) is 1.91. The van der Waals surface area contributed by atoms with Crippen LogP contribution in [0.4, 0.5) is 0 Å². The van der Waals surface area contributed by atoms with E-state index >= 15 is 0 Å². The summed E-state index contributed by atoms with van der Waals surface area (Å²) >= 11 is 0. The number of rotatable bonds is 2. The largest absolute Gasteiger partial charge is 0.365 e. The van der Waals surface area contributed by atoms with E-state index in [0.717, 1.165) is 13.2 Å². The highest BCUT2D eigenvalue weighted by atomic mass is 15.2. The first-order valence-corrected chi connectivity index (χ1v) is 3.55. The highest BCUT2D eigenvalue weighted by molar-refractivity contribution is 4.88. The van der Waals surface area contributed by atoms with Crippen LogP contribution in [0.15, 0.2) is 12.3 Å². The van der Waals surface area contributed by atoms with Crippen LogP contribution in [0, 0.1) is 0 Å². The van der Waals surface area contributed by atoms with Crippen LogP contribution in [0.25, 0.3) is 0 Å². The molecular weight excluding hydrogens is 112 g/mol. The van der Waals surface area contributed by atoms with E-state index in [0.29, 0.717) is 0 Å². The van der Waals surface area contributed by atoms with Crippen LogP contribution in [0.3, 0.4) is 0 Å². The van der Waals surface area contributed by atoms with Gasteiger partial charge >= 0.3 is 0 Å². The molecule has 0 radical (unpaired) electrons. The van der Waals surface area contributed by atoms with Gasteiger partial charge in [-0.1, -0.05) is 13.0 Å². The van der Waals surface area contributed by atoms with Crippen molar-refractivity contribution in [2.45, 2.75) is 13.3 Å². The van der Waals surface area contributed by atoms with E-state index in [4.69, 9.17) is 0 Å². The van der Waals surface area contributed by atoms with Crippen molar-refractivity contribution >= 4 is 0 Å². The first kappa shape index (κ1) is 6.62. The molecular formula is C7H14N2. The minimum absolute atomic E-state index is 1.02. The van der Waals surface area contributed by atoms with Crippen molar-refractivity contribution < 1.29 is 0 Å². The molecule has 9 heavy (non-hydrogen) atoms. The van der Waals surface area contributed by atoms with Crippen molar-refractivity contribution in [1.82, 2.24) is 10.2 Å². The zero-order valence-corrected chi connectivity index (χ0v) is 5.93. The monoisotopic (exact) mass is 126 g/mol. The summed E-state index contributed by atoms with van der Waals surface area (Å²) in [4.78, 5) is 2.28. The molecule has 1 heterocycles. The first-order chi connectivity index (χ1) is 4.43.